The molecule has 0 aromatic heterocycles. The standard InChI is InChI=1S/C28H36O6/c1-6-32-25(31)15-22(30)14-21(29)12-13-23-18(2)26(33-17-20-10-8-7-9-11-20)19(3)24-16-28(4,5)34-27(23)24/h7-11,21,29H,6,12-17H2,1-5H3. The molecule has 0 amide bonds. The first kappa shape index (κ1) is 25.8. The molecule has 0 bridgehead atoms. The average molecular weight is 469 g/mol. The molecule has 2 aromatic rings. The Hall–Kier alpha value is -2.86. The van der Waals surface area contributed by atoms with Crippen molar-refractivity contribution in [2.24, 2.45) is 0 Å². The smallest absolute Gasteiger partial charge is 0.313 e. The molecule has 34 heavy (non-hydrogen) atoms. The molecule has 1 aliphatic heterocycles. The third-order valence-electron chi connectivity index (χ3n) is 6.18. The van der Waals surface area contributed by atoms with Gasteiger partial charge in [-0.05, 0) is 64.2 Å². The van der Waals surface area contributed by atoms with Crippen molar-refractivity contribution in [2.75, 3.05) is 6.61 Å². The van der Waals surface area contributed by atoms with Gasteiger partial charge in [0, 0.05) is 24.0 Å². The minimum Gasteiger partial charge on any atom is -0.488 e. The molecule has 0 fully saturated rings. The minimum atomic E-state index is -0.846. The van der Waals surface area contributed by atoms with Crippen LogP contribution in [0.4, 0.5) is 0 Å². The van der Waals surface area contributed by atoms with E-state index in [9.17, 15) is 14.7 Å². The van der Waals surface area contributed by atoms with Gasteiger partial charge in [0.1, 0.15) is 35.9 Å². The van der Waals surface area contributed by atoms with Crippen LogP contribution in [0, 0.1) is 13.8 Å². The van der Waals surface area contributed by atoms with E-state index in [1.54, 1.807) is 6.92 Å². The number of carbonyl (C=O) groups excluding carboxylic acids is 2. The van der Waals surface area contributed by atoms with Crippen LogP contribution in [0.25, 0.3) is 0 Å². The molecule has 184 valence electrons. The van der Waals surface area contributed by atoms with E-state index in [4.69, 9.17) is 14.2 Å². The molecule has 6 heteroatoms. The Bertz CT molecular complexity index is 1030. The molecule has 2 aromatic carbocycles. The third-order valence-corrected chi connectivity index (χ3v) is 6.18. The fraction of sp³-hybridized carbons (Fsp3) is 0.500. The van der Waals surface area contributed by atoms with Gasteiger partial charge in [0.15, 0.2) is 0 Å². The summed E-state index contributed by atoms with van der Waals surface area (Å²) in [7, 11) is 0. The van der Waals surface area contributed by atoms with E-state index >= 15 is 0 Å². The summed E-state index contributed by atoms with van der Waals surface area (Å²) in [5.41, 5.74) is 5.00. The van der Waals surface area contributed by atoms with Crippen molar-refractivity contribution in [3.63, 3.8) is 0 Å². The summed E-state index contributed by atoms with van der Waals surface area (Å²) in [5.74, 6) is 0.854. The summed E-state index contributed by atoms with van der Waals surface area (Å²) < 4.78 is 17.5. The van der Waals surface area contributed by atoms with Crippen LogP contribution in [0.2, 0.25) is 0 Å². The van der Waals surface area contributed by atoms with Gasteiger partial charge < -0.3 is 19.3 Å². The van der Waals surface area contributed by atoms with Gasteiger partial charge in [-0.2, -0.15) is 0 Å². The van der Waals surface area contributed by atoms with Crippen molar-refractivity contribution in [1.82, 2.24) is 0 Å². The van der Waals surface area contributed by atoms with Crippen LogP contribution >= 0.6 is 0 Å². The van der Waals surface area contributed by atoms with Crippen LogP contribution in [0.1, 0.15) is 67.9 Å². The van der Waals surface area contributed by atoms with Gasteiger partial charge in [0.05, 0.1) is 12.7 Å². The first-order valence-corrected chi connectivity index (χ1v) is 12.0. The van der Waals surface area contributed by atoms with Crippen LogP contribution in [0.15, 0.2) is 30.3 Å². The van der Waals surface area contributed by atoms with Crippen molar-refractivity contribution in [1.29, 1.82) is 0 Å². The number of aliphatic hydroxyl groups is 1. The number of hydrogen-bond acceptors (Lipinski definition) is 6. The topological polar surface area (TPSA) is 82.1 Å². The number of hydrogen-bond donors (Lipinski definition) is 1. The zero-order chi connectivity index (χ0) is 24.9. The van der Waals surface area contributed by atoms with E-state index in [1.165, 1.54) is 0 Å². The molecular weight excluding hydrogens is 432 g/mol. The zero-order valence-corrected chi connectivity index (χ0v) is 20.9. The number of fused-ring (bicyclic) bond motifs is 1. The number of aliphatic hydroxyl groups excluding tert-OH is 1. The van der Waals surface area contributed by atoms with Gasteiger partial charge in [-0.3, -0.25) is 9.59 Å². The van der Waals surface area contributed by atoms with Crippen molar-refractivity contribution >= 4 is 11.8 Å². The van der Waals surface area contributed by atoms with Crippen LogP contribution in [-0.4, -0.2) is 35.2 Å². The molecule has 1 N–H and O–H groups in total. The van der Waals surface area contributed by atoms with E-state index in [2.05, 4.69) is 20.8 Å². The van der Waals surface area contributed by atoms with Crippen molar-refractivity contribution in [3.8, 4) is 11.5 Å². The summed E-state index contributed by atoms with van der Waals surface area (Å²) in [6.45, 7) is 10.6. The molecule has 6 nitrogen and oxygen atoms in total. The Labute approximate surface area is 202 Å². The highest BCUT2D eigenvalue weighted by atomic mass is 16.5. The zero-order valence-electron chi connectivity index (χ0n) is 20.9. The maximum absolute atomic E-state index is 12.1. The lowest BCUT2D eigenvalue weighted by Gasteiger charge is -2.22. The quantitative estimate of drug-likeness (QED) is 0.377. The highest BCUT2D eigenvalue weighted by Crippen LogP contribution is 2.46. The molecule has 0 aliphatic carbocycles. The fourth-order valence-electron chi connectivity index (χ4n) is 4.52. The van der Waals surface area contributed by atoms with Crippen LogP contribution < -0.4 is 9.47 Å². The van der Waals surface area contributed by atoms with Crippen molar-refractivity contribution in [2.45, 2.75) is 85.0 Å². The Morgan fingerprint density at radius 1 is 1.15 bits per heavy atom. The Kier molecular flexibility index (Phi) is 8.37. The van der Waals surface area contributed by atoms with Crippen molar-refractivity contribution < 1.29 is 28.9 Å². The van der Waals surface area contributed by atoms with Gasteiger partial charge in [0.25, 0.3) is 0 Å². The first-order chi connectivity index (χ1) is 16.1. The van der Waals surface area contributed by atoms with Crippen LogP contribution in [0.3, 0.4) is 0 Å². The number of esters is 1. The molecular formula is C28H36O6. The molecule has 1 atom stereocenters. The monoisotopic (exact) mass is 468 g/mol. The van der Waals surface area contributed by atoms with E-state index in [0.29, 0.717) is 19.4 Å². The van der Waals surface area contributed by atoms with Gasteiger partial charge in [-0.15, -0.1) is 0 Å². The van der Waals surface area contributed by atoms with E-state index in [0.717, 1.165) is 45.7 Å². The summed E-state index contributed by atoms with van der Waals surface area (Å²) >= 11 is 0. The number of benzene rings is 2. The largest absolute Gasteiger partial charge is 0.488 e. The van der Waals surface area contributed by atoms with Gasteiger partial charge >= 0.3 is 5.97 Å². The highest BCUT2D eigenvalue weighted by molar-refractivity contribution is 5.95. The molecule has 0 saturated carbocycles. The summed E-state index contributed by atoms with van der Waals surface area (Å²) in [4.78, 5) is 23.6. The van der Waals surface area contributed by atoms with E-state index < -0.39 is 12.1 Å². The van der Waals surface area contributed by atoms with Gasteiger partial charge in [-0.1, -0.05) is 30.3 Å². The third kappa shape index (κ3) is 6.38. The molecule has 1 unspecified atom stereocenters. The second-order valence-corrected chi connectivity index (χ2v) is 9.60. The molecule has 0 spiro atoms. The molecule has 0 radical (unpaired) electrons. The lowest BCUT2D eigenvalue weighted by atomic mass is 9.90. The number of carbonyl (C=O) groups is 2. The number of Topliss-reactive ketones (excluding diaryl/α,β-unsaturated/α-hetero) is 1. The predicted molar refractivity (Wildman–Crippen MR) is 130 cm³/mol. The van der Waals surface area contributed by atoms with E-state index in [-0.39, 0.29) is 30.8 Å². The summed E-state index contributed by atoms with van der Waals surface area (Å²) in [6, 6.07) is 10.0. The Balaban J connectivity index is 1.77. The second kappa shape index (κ2) is 11.0. The second-order valence-electron chi connectivity index (χ2n) is 9.60. The average Bonchev–Trinajstić information content (AvgIpc) is 3.09. The molecule has 1 heterocycles. The molecule has 0 saturated heterocycles. The predicted octanol–water partition coefficient (Wildman–Crippen LogP) is 4.80. The van der Waals surface area contributed by atoms with E-state index in [1.807, 2.05) is 37.3 Å². The van der Waals surface area contributed by atoms with Crippen LogP contribution in [-0.2, 0) is 33.8 Å². The molecule has 3 rings (SSSR count). The maximum Gasteiger partial charge on any atom is 0.313 e. The summed E-state index contributed by atoms with van der Waals surface area (Å²) in [6.07, 6.45) is 0.478. The fourth-order valence-corrected chi connectivity index (χ4v) is 4.52. The van der Waals surface area contributed by atoms with Crippen molar-refractivity contribution in [3.05, 3.63) is 58.1 Å². The SMILES string of the molecule is CCOC(=O)CC(=O)CC(O)CCc1c(C)c(OCc2ccccc2)c(C)c2c1OC(C)(C)C2. The van der Waals surface area contributed by atoms with Gasteiger partial charge in [-0.25, -0.2) is 0 Å². The van der Waals surface area contributed by atoms with Crippen LogP contribution in [0.5, 0.6) is 11.5 Å². The first-order valence-electron chi connectivity index (χ1n) is 12.0. The lowest BCUT2D eigenvalue weighted by Crippen LogP contribution is -2.25. The molecule has 1 aliphatic rings. The lowest BCUT2D eigenvalue weighted by molar-refractivity contribution is -0.145. The maximum atomic E-state index is 12.1. The Morgan fingerprint density at radius 3 is 2.53 bits per heavy atom. The minimum absolute atomic E-state index is 0.0738. The normalized spacial score (nSPS) is 14.8. The number of ether oxygens (including phenoxy) is 3. The number of rotatable bonds is 11. The number of ketones is 1. The van der Waals surface area contributed by atoms with Gasteiger partial charge in [0.2, 0.25) is 0 Å². The Morgan fingerprint density at radius 2 is 1.85 bits per heavy atom. The highest BCUT2D eigenvalue weighted by Gasteiger charge is 2.35. The summed E-state index contributed by atoms with van der Waals surface area (Å²) in [5, 5.41) is 10.5.